The van der Waals surface area contributed by atoms with Gasteiger partial charge in [0.25, 0.3) is 0 Å². The molecule has 1 aromatic carbocycles. The topological polar surface area (TPSA) is 43.2 Å². The summed E-state index contributed by atoms with van der Waals surface area (Å²) in [6.07, 6.45) is 12.5. The van der Waals surface area contributed by atoms with E-state index in [1.807, 2.05) is 24.3 Å². The molecule has 4 nitrogen and oxygen atoms in total. The van der Waals surface area contributed by atoms with Crippen molar-refractivity contribution in [1.29, 1.82) is 0 Å². The predicted octanol–water partition coefficient (Wildman–Crippen LogP) is 6.20. The highest BCUT2D eigenvalue weighted by Gasteiger charge is 2.21. The number of nitrogens with zero attached hydrogens (tertiary/aromatic N) is 2. The number of aliphatic imine (C=N–C) groups is 2. The van der Waals surface area contributed by atoms with E-state index in [2.05, 4.69) is 0 Å². The van der Waals surface area contributed by atoms with E-state index < -0.39 is 0 Å². The Balaban J connectivity index is 1.70. The van der Waals surface area contributed by atoms with Crippen molar-refractivity contribution in [2.45, 2.75) is 64.2 Å². The fraction of sp³-hybridized carbons (Fsp3) is 0.636. The van der Waals surface area contributed by atoms with Crippen molar-refractivity contribution in [3.63, 3.8) is 0 Å². The predicted molar refractivity (Wildman–Crippen MR) is 108 cm³/mol. The fourth-order valence-corrected chi connectivity index (χ4v) is 4.16. The standard InChI is InChI=1S/C22H32N2O2/c1-25-21(17-9-5-3-6-10-17)23-19-13-15-20(16-14-19)24-22(26-2)18-11-7-4-8-12-18/h13-18H,3-12H2,1-2H3/b23-21-,24-22-. The molecule has 2 saturated carbocycles. The lowest BCUT2D eigenvalue weighted by Crippen LogP contribution is -2.19. The first-order valence-corrected chi connectivity index (χ1v) is 10.2. The van der Waals surface area contributed by atoms with Gasteiger partial charge in [0, 0.05) is 11.8 Å². The Hall–Kier alpha value is -1.84. The Kier molecular flexibility index (Phi) is 7.10. The van der Waals surface area contributed by atoms with Crippen LogP contribution in [-0.2, 0) is 9.47 Å². The average molecular weight is 357 g/mol. The van der Waals surface area contributed by atoms with Gasteiger partial charge in [0.05, 0.1) is 25.6 Å². The molecule has 4 heteroatoms. The van der Waals surface area contributed by atoms with Gasteiger partial charge in [0.1, 0.15) is 0 Å². The second-order valence-electron chi connectivity index (χ2n) is 7.49. The fourth-order valence-electron chi connectivity index (χ4n) is 4.16. The summed E-state index contributed by atoms with van der Waals surface area (Å²) >= 11 is 0. The summed E-state index contributed by atoms with van der Waals surface area (Å²) in [5.41, 5.74) is 1.87. The van der Waals surface area contributed by atoms with Crippen molar-refractivity contribution < 1.29 is 9.47 Å². The normalized spacial score (nSPS) is 20.8. The van der Waals surface area contributed by atoms with Crippen LogP contribution >= 0.6 is 0 Å². The van der Waals surface area contributed by atoms with E-state index >= 15 is 0 Å². The number of rotatable bonds is 4. The molecule has 2 aliphatic rings. The summed E-state index contributed by atoms with van der Waals surface area (Å²) in [5, 5.41) is 0. The number of hydrogen-bond donors (Lipinski definition) is 0. The lowest BCUT2D eigenvalue weighted by Gasteiger charge is -2.22. The SMILES string of the molecule is CO/C(=N\c1ccc(/N=C(\OC)C2CCCCC2)cc1)C1CCCCC1. The second kappa shape index (κ2) is 9.75. The molecule has 142 valence electrons. The van der Waals surface area contributed by atoms with E-state index in [1.165, 1.54) is 64.2 Å². The molecule has 0 amide bonds. The second-order valence-corrected chi connectivity index (χ2v) is 7.49. The van der Waals surface area contributed by atoms with Crippen LogP contribution < -0.4 is 0 Å². The van der Waals surface area contributed by atoms with E-state index in [0.29, 0.717) is 11.8 Å². The molecule has 0 unspecified atom stereocenters. The number of ether oxygens (including phenoxy) is 2. The first-order valence-electron chi connectivity index (χ1n) is 10.2. The minimum Gasteiger partial charge on any atom is -0.484 e. The molecular formula is C22H32N2O2. The molecule has 0 aromatic heterocycles. The molecule has 0 bridgehead atoms. The first kappa shape index (κ1) is 18.9. The van der Waals surface area contributed by atoms with Crippen molar-refractivity contribution >= 4 is 23.2 Å². The maximum Gasteiger partial charge on any atom is 0.191 e. The van der Waals surface area contributed by atoms with Gasteiger partial charge in [-0.05, 0) is 49.9 Å². The molecule has 0 atom stereocenters. The van der Waals surface area contributed by atoms with Crippen molar-refractivity contribution in [2.24, 2.45) is 21.8 Å². The van der Waals surface area contributed by atoms with Crippen LogP contribution in [0.25, 0.3) is 0 Å². The maximum absolute atomic E-state index is 5.59. The van der Waals surface area contributed by atoms with Gasteiger partial charge >= 0.3 is 0 Å². The van der Waals surface area contributed by atoms with Crippen LogP contribution in [0.2, 0.25) is 0 Å². The highest BCUT2D eigenvalue weighted by atomic mass is 16.5. The number of methoxy groups -OCH3 is 2. The number of hydrogen-bond acceptors (Lipinski definition) is 4. The van der Waals surface area contributed by atoms with E-state index in [1.54, 1.807) is 14.2 Å². The lowest BCUT2D eigenvalue weighted by molar-refractivity contribution is 0.327. The maximum atomic E-state index is 5.59. The van der Waals surface area contributed by atoms with Crippen LogP contribution in [-0.4, -0.2) is 26.0 Å². The van der Waals surface area contributed by atoms with Gasteiger partial charge < -0.3 is 9.47 Å². The van der Waals surface area contributed by atoms with Gasteiger partial charge in [-0.3, -0.25) is 0 Å². The minimum atomic E-state index is 0.470. The van der Waals surface area contributed by atoms with Crippen LogP contribution in [0.3, 0.4) is 0 Å². The Labute approximate surface area is 157 Å². The summed E-state index contributed by atoms with van der Waals surface area (Å²) in [7, 11) is 3.47. The van der Waals surface area contributed by atoms with Crippen LogP contribution in [0.1, 0.15) is 64.2 Å². The van der Waals surface area contributed by atoms with Gasteiger partial charge in [-0.15, -0.1) is 0 Å². The molecular weight excluding hydrogens is 324 g/mol. The van der Waals surface area contributed by atoms with Crippen molar-refractivity contribution in [2.75, 3.05) is 14.2 Å². The molecule has 0 heterocycles. The number of benzene rings is 1. The third kappa shape index (κ3) is 5.09. The largest absolute Gasteiger partial charge is 0.484 e. The highest BCUT2D eigenvalue weighted by Crippen LogP contribution is 2.29. The quantitative estimate of drug-likeness (QED) is 0.476. The third-order valence-corrected chi connectivity index (χ3v) is 5.66. The zero-order chi connectivity index (χ0) is 18.2. The zero-order valence-electron chi connectivity index (χ0n) is 16.2. The molecule has 0 radical (unpaired) electrons. The van der Waals surface area contributed by atoms with Crippen LogP contribution in [0.15, 0.2) is 34.3 Å². The Morgan fingerprint density at radius 3 is 1.31 bits per heavy atom. The monoisotopic (exact) mass is 356 g/mol. The van der Waals surface area contributed by atoms with Crippen molar-refractivity contribution in [1.82, 2.24) is 0 Å². The summed E-state index contributed by atoms with van der Waals surface area (Å²) in [6, 6.07) is 8.09. The zero-order valence-corrected chi connectivity index (χ0v) is 16.2. The summed E-state index contributed by atoms with van der Waals surface area (Å²) < 4.78 is 11.2. The third-order valence-electron chi connectivity index (χ3n) is 5.66. The molecule has 0 spiro atoms. The summed E-state index contributed by atoms with van der Waals surface area (Å²) in [5.74, 6) is 2.69. The minimum absolute atomic E-state index is 0.470. The summed E-state index contributed by atoms with van der Waals surface area (Å²) in [6.45, 7) is 0. The molecule has 26 heavy (non-hydrogen) atoms. The highest BCUT2D eigenvalue weighted by molar-refractivity contribution is 5.83. The molecule has 2 aliphatic carbocycles. The van der Waals surface area contributed by atoms with Gasteiger partial charge in [-0.25, -0.2) is 9.98 Å². The van der Waals surface area contributed by atoms with Gasteiger partial charge in [0.2, 0.25) is 0 Å². The van der Waals surface area contributed by atoms with Gasteiger partial charge in [0.15, 0.2) is 11.8 Å². The van der Waals surface area contributed by atoms with E-state index in [-0.39, 0.29) is 0 Å². The first-order chi connectivity index (χ1) is 12.8. The van der Waals surface area contributed by atoms with Crippen molar-refractivity contribution in [3.8, 4) is 0 Å². The van der Waals surface area contributed by atoms with Crippen LogP contribution in [0.4, 0.5) is 11.4 Å². The van der Waals surface area contributed by atoms with Crippen LogP contribution in [0, 0.1) is 11.8 Å². The Morgan fingerprint density at radius 1 is 0.654 bits per heavy atom. The summed E-state index contributed by atoms with van der Waals surface area (Å²) in [4.78, 5) is 9.49. The van der Waals surface area contributed by atoms with E-state index in [9.17, 15) is 0 Å². The van der Waals surface area contributed by atoms with E-state index in [4.69, 9.17) is 19.5 Å². The lowest BCUT2D eigenvalue weighted by atomic mass is 9.89. The van der Waals surface area contributed by atoms with Gasteiger partial charge in [-0.1, -0.05) is 38.5 Å². The van der Waals surface area contributed by atoms with Crippen molar-refractivity contribution in [3.05, 3.63) is 24.3 Å². The molecule has 0 saturated heterocycles. The Bertz CT molecular complexity index is 555. The molecule has 3 rings (SSSR count). The average Bonchev–Trinajstić information content (AvgIpc) is 2.72. The van der Waals surface area contributed by atoms with E-state index in [0.717, 1.165) is 23.2 Å². The molecule has 2 fully saturated rings. The smallest absolute Gasteiger partial charge is 0.191 e. The van der Waals surface area contributed by atoms with Crippen LogP contribution in [0.5, 0.6) is 0 Å². The molecule has 0 aliphatic heterocycles. The van der Waals surface area contributed by atoms with Gasteiger partial charge in [-0.2, -0.15) is 0 Å². The molecule has 0 N–H and O–H groups in total. The Morgan fingerprint density at radius 2 is 1.00 bits per heavy atom. The molecule has 1 aromatic rings.